The lowest BCUT2D eigenvalue weighted by atomic mass is 10.2. The molecule has 0 aliphatic rings. The molecular formula is C11H8BrClN4O3. The van der Waals surface area contributed by atoms with Crippen LogP contribution < -0.4 is 5.32 Å². The standard InChI is InChI=1S/C11H8BrClN4O3/c1-16-5-7(12)10(15-16)11(18)14-9-3-2-6(17(19)20)4-8(9)13/h2-5H,1H3,(H,14,18). The van der Waals surface area contributed by atoms with Crippen molar-refractivity contribution in [1.82, 2.24) is 9.78 Å². The second kappa shape index (κ2) is 5.59. The first-order chi connectivity index (χ1) is 9.38. The molecule has 0 aliphatic heterocycles. The number of amides is 1. The highest BCUT2D eigenvalue weighted by Crippen LogP contribution is 2.27. The number of nitro groups is 1. The number of non-ortho nitro benzene ring substituents is 1. The molecule has 2 rings (SSSR count). The lowest BCUT2D eigenvalue weighted by Crippen LogP contribution is -2.14. The molecular weight excluding hydrogens is 352 g/mol. The zero-order chi connectivity index (χ0) is 14.9. The van der Waals surface area contributed by atoms with Crippen molar-refractivity contribution in [2.75, 3.05) is 5.32 Å². The number of hydrogen-bond acceptors (Lipinski definition) is 4. The number of carbonyl (C=O) groups is 1. The molecule has 1 heterocycles. The molecule has 7 nitrogen and oxygen atoms in total. The Kier molecular flexibility index (Phi) is 4.05. The fourth-order valence-corrected chi connectivity index (χ4v) is 2.29. The van der Waals surface area contributed by atoms with Gasteiger partial charge in [0.2, 0.25) is 0 Å². The average Bonchev–Trinajstić information content (AvgIpc) is 2.70. The van der Waals surface area contributed by atoms with Crippen molar-refractivity contribution in [3.8, 4) is 0 Å². The summed E-state index contributed by atoms with van der Waals surface area (Å²) < 4.78 is 2.02. The number of halogens is 2. The first kappa shape index (κ1) is 14.5. The van der Waals surface area contributed by atoms with Gasteiger partial charge in [-0.2, -0.15) is 5.10 Å². The predicted molar refractivity (Wildman–Crippen MR) is 77.0 cm³/mol. The summed E-state index contributed by atoms with van der Waals surface area (Å²) in [5.74, 6) is -0.465. The third-order valence-corrected chi connectivity index (χ3v) is 3.30. The van der Waals surface area contributed by atoms with Gasteiger partial charge in [-0.25, -0.2) is 0 Å². The lowest BCUT2D eigenvalue weighted by Gasteiger charge is -2.05. The molecule has 0 radical (unpaired) electrons. The van der Waals surface area contributed by atoms with Crippen LogP contribution in [-0.4, -0.2) is 20.6 Å². The van der Waals surface area contributed by atoms with E-state index in [1.165, 1.54) is 22.9 Å². The van der Waals surface area contributed by atoms with Crippen LogP contribution in [0.2, 0.25) is 5.02 Å². The van der Waals surface area contributed by atoms with E-state index in [1.54, 1.807) is 13.2 Å². The fourth-order valence-electron chi connectivity index (χ4n) is 1.51. The number of hydrogen-bond donors (Lipinski definition) is 1. The van der Waals surface area contributed by atoms with Gasteiger partial charge in [-0.1, -0.05) is 11.6 Å². The van der Waals surface area contributed by atoms with Crippen LogP contribution in [0.15, 0.2) is 28.9 Å². The Morgan fingerprint density at radius 3 is 2.75 bits per heavy atom. The molecule has 0 saturated carbocycles. The van der Waals surface area contributed by atoms with Gasteiger partial charge in [0, 0.05) is 25.4 Å². The molecule has 9 heteroatoms. The zero-order valence-corrected chi connectivity index (χ0v) is 12.5. The molecule has 2 aromatic rings. The highest BCUT2D eigenvalue weighted by molar-refractivity contribution is 9.10. The predicted octanol–water partition coefficient (Wildman–Crippen LogP) is 3.00. The Morgan fingerprint density at radius 2 is 2.25 bits per heavy atom. The quantitative estimate of drug-likeness (QED) is 0.674. The van der Waals surface area contributed by atoms with E-state index < -0.39 is 10.8 Å². The van der Waals surface area contributed by atoms with Crippen molar-refractivity contribution in [3.63, 3.8) is 0 Å². The Labute approximate surface area is 126 Å². The number of nitrogens with zero attached hydrogens (tertiary/aromatic N) is 3. The number of carbonyl (C=O) groups excluding carboxylic acids is 1. The van der Waals surface area contributed by atoms with E-state index in [2.05, 4.69) is 26.3 Å². The number of aryl methyl sites for hydroxylation is 1. The molecule has 1 amide bonds. The van der Waals surface area contributed by atoms with E-state index >= 15 is 0 Å². The van der Waals surface area contributed by atoms with Gasteiger partial charge in [0.1, 0.15) is 0 Å². The normalized spacial score (nSPS) is 10.3. The summed E-state index contributed by atoms with van der Waals surface area (Å²) in [6.07, 6.45) is 1.63. The summed E-state index contributed by atoms with van der Waals surface area (Å²) in [5, 5.41) is 17.2. The van der Waals surface area contributed by atoms with Crippen LogP contribution in [-0.2, 0) is 7.05 Å². The van der Waals surface area contributed by atoms with Gasteiger partial charge < -0.3 is 5.32 Å². The summed E-state index contributed by atoms with van der Waals surface area (Å²) in [7, 11) is 1.68. The van der Waals surface area contributed by atoms with E-state index in [-0.39, 0.29) is 22.1 Å². The maximum atomic E-state index is 12.0. The third kappa shape index (κ3) is 2.97. The zero-order valence-electron chi connectivity index (χ0n) is 10.1. The molecule has 1 aromatic carbocycles. The molecule has 0 aliphatic carbocycles. The minimum Gasteiger partial charge on any atom is -0.319 e. The SMILES string of the molecule is Cn1cc(Br)c(C(=O)Nc2ccc([N+](=O)[O-])cc2Cl)n1. The number of nitrogens with one attached hydrogen (secondary N) is 1. The van der Waals surface area contributed by atoms with Crippen molar-refractivity contribution in [3.05, 3.63) is 49.7 Å². The average molecular weight is 360 g/mol. The Hall–Kier alpha value is -1.93. The largest absolute Gasteiger partial charge is 0.319 e. The monoisotopic (exact) mass is 358 g/mol. The first-order valence-corrected chi connectivity index (χ1v) is 6.50. The highest BCUT2D eigenvalue weighted by atomic mass is 79.9. The smallest absolute Gasteiger partial charge is 0.277 e. The molecule has 20 heavy (non-hydrogen) atoms. The molecule has 104 valence electrons. The number of nitro benzene ring substituents is 1. The Morgan fingerprint density at radius 1 is 1.55 bits per heavy atom. The van der Waals surface area contributed by atoms with E-state index in [9.17, 15) is 14.9 Å². The van der Waals surface area contributed by atoms with E-state index in [4.69, 9.17) is 11.6 Å². The highest BCUT2D eigenvalue weighted by Gasteiger charge is 2.17. The van der Waals surface area contributed by atoms with Crippen LogP contribution in [0.25, 0.3) is 0 Å². The van der Waals surface area contributed by atoms with Crippen molar-refractivity contribution in [2.24, 2.45) is 7.05 Å². The number of benzene rings is 1. The van der Waals surface area contributed by atoms with Gasteiger partial charge in [-0.3, -0.25) is 19.6 Å². The summed E-state index contributed by atoms with van der Waals surface area (Å²) in [6, 6.07) is 3.80. The van der Waals surface area contributed by atoms with Crippen molar-refractivity contribution >= 4 is 44.8 Å². The molecule has 0 bridgehead atoms. The van der Waals surface area contributed by atoms with Crippen LogP contribution >= 0.6 is 27.5 Å². The topological polar surface area (TPSA) is 90.1 Å². The molecule has 0 fully saturated rings. The Bertz CT molecular complexity index is 701. The summed E-state index contributed by atoms with van der Waals surface area (Å²) in [5.41, 5.74) is 0.328. The minimum atomic E-state index is -0.563. The van der Waals surface area contributed by atoms with Gasteiger partial charge in [0.25, 0.3) is 11.6 Å². The second-order valence-corrected chi connectivity index (χ2v) is 5.14. The summed E-state index contributed by atoms with van der Waals surface area (Å²) in [4.78, 5) is 22.0. The van der Waals surface area contributed by atoms with Gasteiger partial charge in [0.05, 0.1) is 20.1 Å². The molecule has 0 atom stereocenters. The molecule has 0 spiro atoms. The number of aromatic nitrogens is 2. The van der Waals surface area contributed by atoms with Gasteiger partial charge >= 0.3 is 0 Å². The van der Waals surface area contributed by atoms with Crippen LogP contribution in [0.5, 0.6) is 0 Å². The van der Waals surface area contributed by atoms with E-state index in [0.717, 1.165) is 0 Å². The molecule has 0 unspecified atom stereocenters. The second-order valence-electron chi connectivity index (χ2n) is 3.87. The number of rotatable bonds is 3. The summed E-state index contributed by atoms with van der Waals surface area (Å²) >= 11 is 9.11. The van der Waals surface area contributed by atoms with Gasteiger partial charge in [-0.15, -0.1) is 0 Å². The van der Waals surface area contributed by atoms with Gasteiger partial charge in [-0.05, 0) is 22.0 Å². The Balaban J connectivity index is 2.24. The minimum absolute atomic E-state index is 0.0830. The molecule has 0 saturated heterocycles. The van der Waals surface area contributed by atoms with Crippen molar-refractivity contribution in [2.45, 2.75) is 0 Å². The van der Waals surface area contributed by atoms with E-state index in [1.807, 2.05) is 0 Å². The number of anilines is 1. The van der Waals surface area contributed by atoms with E-state index in [0.29, 0.717) is 4.47 Å². The maximum absolute atomic E-state index is 12.0. The van der Waals surface area contributed by atoms with Crippen LogP contribution in [0.3, 0.4) is 0 Å². The van der Waals surface area contributed by atoms with Crippen LogP contribution in [0.1, 0.15) is 10.5 Å². The fraction of sp³-hybridized carbons (Fsp3) is 0.0909. The third-order valence-electron chi connectivity index (χ3n) is 2.41. The van der Waals surface area contributed by atoms with Crippen molar-refractivity contribution in [1.29, 1.82) is 0 Å². The van der Waals surface area contributed by atoms with Crippen LogP contribution in [0.4, 0.5) is 11.4 Å². The van der Waals surface area contributed by atoms with Crippen LogP contribution in [0, 0.1) is 10.1 Å². The maximum Gasteiger partial charge on any atom is 0.277 e. The van der Waals surface area contributed by atoms with Crippen molar-refractivity contribution < 1.29 is 9.72 Å². The summed E-state index contributed by atoms with van der Waals surface area (Å²) in [6.45, 7) is 0. The first-order valence-electron chi connectivity index (χ1n) is 5.33. The lowest BCUT2D eigenvalue weighted by molar-refractivity contribution is -0.384. The molecule has 1 N–H and O–H groups in total. The molecule has 1 aromatic heterocycles. The van der Waals surface area contributed by atoms with Gasteiger partial charge in [0.15, 0.2) is 5.69 Å².